The van der Waals surface area contributed by atoms with Crippen LogP contribution in [-0.2, 0) is 11.3 Å². The molecule has 0 aromatic heterocycles. The number of ether oxygens (including phenoxy) is 1. The summed E-state index contributed by atoms with van der Waals surface area (Å²) in [6.45, 7) is 3.18. The topological polar surface area (TPSA) is 70.6 Å². The number of aliphatic hydroxyl groups is 1. The van der Waals surface area contributed by atoms with Crippen LogP contribution in [0.2, 0.25) is 0 Å². The number of methoxy groups -OCH3 is 1. The number of hydrogen-bond donors (Lipinski definition) is 3. The summed E-state index contributed by atoms with van der Waals surface area (Å²) in [4.78, 5) is 12.3. The van der Waals surface area contributed by atoms with Gasteiger partial charge in [0.15, 0.2) is 0 Å². The molecule has 0 aliphatic heterocycles. The molecule has 1 aromatic rings. The molecular formula is C25H44N2O3. The highest BCUT2D eigenvalue weighted by Crippen LogP contribution is 2.17. The van der Waals surface area contributed by atoms with Gasteiger partial charge in [0.05, 0.1) is 13.7 Å². The molecule has 30 heavy (non-hydrogen) atoms. The van der Waals surface area contributed by atoms with E-state index in [9.17, 15) is 9.90 Å². The monoisotopic (exact) mass is 420 g/mol. The van der Waals surface area contributed by atoms with E-state index in [1.807, 2.05) is 24.3 Å². The summed E-state index contributed by atoms with van der Waals surface area (Å²) in [5, 5.41) is 15.6. The number of para-hydroxylation sites is 1. The maximum Gasteiger partial charge on any atom is 0.239 e. The second-order valence-electron chi connectivity index (χ2n) is 8.11. The van der Waals surface area contributed by atoms with Crippen molar-refractivity contribution in [2.45, 2.75) is 96.6 Å². The lowest BCUT2D eigenvalue weighted by molar-refractivity contribution is -0.124. The van der Waals surface area contributed by atoms with Crippen LogP contribution in [0.4, 0.5) is 0 Å². The molecule has 0 saturated heterocycles. The van der Waals surface area contributed by atoms with E-state index >= 15 is 0 Å². The van der Waals surface area contributed by atoms with Gasteiger partial charge in [0, 0.05) is 18.7 Å². The molecule has 1 unspecified atom stereocenters. The minimum atomic E-state index is -0.604. The Balaban J connectivity index is 2.04. The van der Waals surface area contributed by atoms with E-state index in [-0.39, 0.29) is 12.5 Å². The van der Waals surface area contributed by atoms with Crippen LogP contribution in [0.15, 0.2) is 24.3 Å². The number of benzene rings is 1. The van der Waals surface area contributed by atoms with Gasteiger partial charge >= 0.3 is 0 Å². The van der Waals surface area contributed by atoms with Crippen molar-refractivity contribution >= 4 is 5.91 Å². The summed E-state index contributed by atoms with van der Waals surface area (Å²) in [7, 11) is 1.63. The van der Waals surface area contributed by atoms with Crippen molar-refractivity contribution in [1.29, 1.82) is 0 Å². The van der Waals surface area contributed by atoms with Gasteiger partial charge in [-0.15, -0.1) is 0 Å². The molecule has 5 nitrogen and oxygen atoms in total. The molecule has 0 aliphatic carbocycles. The molecule has 1 aromatic carbocycles. The van der Waals surface area contributed by atoms with Crippen molar-refractivity contribution in [2.75, 3.05) is 20.3 Å². The number of hydrogen-bond acceptors (Lipinski definition) is 4. The Labute approximate surface area is 184 Å². The summed E-state index contributed by atoms with van der Waals surface area (Å²) in [5.41, 5.74) is 0.965. The normalized spacial score (nSPS) is 12.0. The van der Waals surface area contributed by atoms with E-state index < -0.39 is 6.04 Å². The van der Waals surface area contributed by atoms with Gasteiger partial charge in [0.2, 0.25) is 5.91 Å². The lowest BCUT2D eigenvalue weighted by atomic mass is 10.1. The predicted molar refractivity (Wildman–Crippen MR) is 125 cm³/mol. The van der Waals surface area contributed by atoms with E-state index in [4.69, 9.17) is 4.74 Å². The number of carbonyl (C=O) groups is 1. The van der Waals surface area contributed by atoms with E-state index in [2.05, 4.69) is 17.6 Å². The standard InChI is InChI=1S/C25H44N2O3/c1-3-4-5-6-7-8-9-10-11-12-13-16-19-26-25(29)23(21-28)27-20-22-17-14-15-18-24(22)30-2/h14-15,17-18,23,27-28H,3-13,16,19-21H2,1-2H3,(H,26,29). The minimum Gasteiger partial charge on any atom is -0.496 e. The molecule has 1 amide bonds. The van der Waals surface area contributed by atoms with Gasteiger partial charge < -0.3 is 15.2 Å². The zero-order valence-corrected chi connectivity index (χ0v) is 19.3. The SMILES string of the molecule is CCCCCCCCCCCCCCNC(=O)C(CO)NCc1ccccc1OC. The number of rotatable bonds is 19. The first-order valence-corrected chi connectivity index (χ1v) is 12.0. The molecule has 0 spiro atoms. The van der Waals surface area contributed by atoms with Crippen molar-refractivity contribution in [2.24, 2.45) is 0 Å². The molecule has 0 saturated carbocycles. The average molecular weight is 421 g/mol. The lowest BCUT2D eigenvalue weighted by Gasteiger charge is -2.17. The molecule has 3 N–H and O–H groups in total. The third-order valence-electron chi connectivity index (χ3n) is 5.56. The maximum absolute atomic E-state index is 12.3. The zero-order valence-electron chi connectivity index (χ0n) is 19.3. The Kier molecular flexibility index (Phi) is 16.0. The van der Waals surface area contributed by atoms with Crippen LogP contribution in [0, 0.1) is 0 Å². The third-order valence-corrected chi connectivity index (χ3v) is 5.56. The molecule has 172 valence electrons. The molecule has 0 bridgehead atoms. The first-order chi connectivity index (χ1) is 14.7. The molecule has 0 radical (unpaired) electrons. The number of amides is 1. The molecule has 0 fully saturated rings. The van der Waals surface area contributed by atoms with Gasteiger partial charge in [0.1, 0.15) is 11.8 Å². The number of unbranched alkanes of at least 4 members (excludes halogenated alkanes) is 11. The van der Waals surface area contributed by atoms with Gasteiger partial charge in [-0.2, -0.15) is 0 Å². The maximum atomic E-state index is 12.3. The lowest BCUT2D eigenvalue weighted by Crippen LogP contribution is -2.46. The highest BCUT2D eigenvalue weighted by molar-refractivity contribution is 5.81. The van der Waals surface area contributed by atoms with Crippen molar-refractivity contribution in [1.82, 2.24) is 10.6 Å². The van der Waals surface area contributed by atoms with Crippen molar-refractivity contribution < 1.29 is 14.6 Å². The van der Waals surface area contributed by atoms with Gasteiger partial charge in [-0.25, -0.2) is 0 Å². The predicted octanol–water partition coefficient (Wildman–Crippen LogP) is 4.96. The van der Waals surface area contributed by atoms with Crippen molar-refractivity contribution in [3.8, 4) is 5.75 Å². The molecule has 1 atom stereocenters. The summed E-state index contributed by atoms with van der Waals surface area (Å²) in [6.07, 6.45) is 15.6. The Morgan fingerprint density at radius 3 is 2.07 bits per heavy atom. The second-order valence-corrected chi connectivity index (χ2v) is 8.11. The summed E-state index contributed by atoms with van der Waals surface area (Å²) < 4.78 is 5.32. The Morgan fingerprint density at radius 2 is 1.50 bits per heavy atom. The van der Waals surface area contributed by atoms with Gasteiger partial charge in [-0.3, -0.25) is 10.1 Å². The van der Waals surface area contributed by atoms with Crippen LogP contribution in [0.3, 0.4) is 0 Å². The molecule has 1 rings (SSSR count). The fourth-order valence-corrected chi connectivity index (χ4v) is 3.62. The van der Waals surface area contributed by atoms with Gasteiger partial charge in [-0.1, -0.05) is 95.8 Å². The Bertz CT molecular complexity index is 551. The van der Waals surface area contributed by atoms with E-state index in [1.165, 1.54) is 64.2 Å². The summed E-state index contributed by atoms with van der Waals surface area (Å²) >= 11 is 0. The summed E-state index contributed by atoms with van der Waals surface area (Å²) in [5.74, 6) is 0.633. The molecule has 0 aliphatic rings. The number of nitrogens with one attached hydrogen (secondary N) is 2. The molecule has 0 heterocycles. The first-order valence-electron chi connectivity index (χ1n) is 12.0. The fraction of sp³-hybridized carbons (Fsp3) is 0.720. The van der Waals surface area contributed by atoms with E-state index in [0.717, 1.165) is 24.2 Å². The quantitative estimate of drug-likeness (QED) is 0.277. The van der Waals surface area contributed by atoms with Crippen LogP contribution in [-0.4, -0.2) is 37.3 Å². The summed E-state index contributed by atoms with van der Waals surface area (Å²) in [6, 6.07) is 7.07. The van der Waals surface area contributed by atoms with Crippen LogP contribution in [0.25, 0.3) is 0 Å². The second kappa shape index (κ2) is 18.2. The Hall–Kier alpha value is -1.59. The Morgan fingerprint density at radius 1 is 0.933 bits per heavy atom. The highest BCUT2D eigenvalue weighted by Gasteiger charge is 2.16. The minimum absolute atomic E-state index is 0.143. The van der Waals surface area contributed by atoms with Crippen LogP contribution in [0.1, 0.15) is 89.5 Å². The van der Waals surface area contributed by atoms with E-state index in [0.29, 0.717) is 13.1 Å². The fourth-order valence-electron chi connectivity index (χ4n) is 3.62. The van der Waals surface area contributed by atoms with Crippen LogP contribution in [0.5, 0.6) is 5.75 Å². The average Bonchev–Trinajstić information content (AvgIpc) is 2.77. The molecule has 5 heteroatoms. The number of aliphatic hydroxyl groups excluding tert-OH is 1. The highest BCUT2D eigenvalue weighted by atomic mass is 16.5. The largest absolute Gasteiger partial charge is 0.496 e. The first kappa shape index (κ1) is 26.4. The third kappa shape index (κ3) is 12.2. The van der Waals surface area contributed by atoms with Crippen molar-refractivity contribution in [3.05, 3.63) is 29.8 Å². The van der Waals surface area contributed by atoms with Crippen LogP contribution < -0.4 is 15.4 Å². The van der Waals surface area contributed by atoms with Crippen LogP contribution >= 0.6 is 0 Å². The van der Waals surface area contributed by atoms with Crippen molar-refractivity contribution in [3.63, 3.8) is 0 Å². The van der Waals surface area contributed by atoms with Gasteiger partial charge in [-0.05, 0) is 12.5 Å². The smallest absolute Gasteiger partial charge is 0.239 e. The van der Waals surface area contributed by atoms with E-state index in [1.54, 1.807) is 7.11 Å². The molecular weight excluding hydrogens is 376 g/mol. The zero-order chi connectivity index (χ0) is 21.9. The number of carbonyl (C=O) groups excluding carboxylic acids is 1. The van der Waals surface area contributed by atoms with Gasteiger partial charge in [0.25, 0.3) is 0 Å².